The minimum Gasteiger partial charge on any atom is -0.353 e. The molecule has 4 rings (SSSR count). The number of aromatic nitrogens is 1. The number of nitrogens with one attached hydrogen (secondary N) is 2. The van der Waals surface area contributed by atoms with Gasteiger partial charge in [0.05, 0.1) is 5.56 Å². The van der Waals surface area contributed by atoms with E-state index in [1.54, 1.807) is 6.20 Å². The van der Waals surface area contributed by atoms with Crippen LogP contribution in [0, 0.1) is 0 Å². The van der Waals surface area contributed by atoms with Crippen molar-refractivity contribution in [1.82, 2.24) is 15.6 Å². The summed E-state index contributed by atoms with van der Waals surface area (Å²) in [5.74, 6) is 0.820. The molecule has 1 aromatic heterocycles. The average molecular weight is 379 g/mol. The van der Waals surface area contributed by atoms with Gasteiger partial charge in [-0.25, -0.2) is 4.98 Å². The minimum absolute atomic E-state index is 0.0183. The van der Waals surface area contributed by atoms with E-state index in [1.165, 1.54) is 31.2 Å². The Labute approximate surface area is 167 Å². The van der Waals surface area contributed by atoms with Crippen LogP contribution in [0.2, 0.25) is 0 Å². The highest BCUT2D eigenvalue weighted by Crippen LogP contribution is 2.24. The maximum absolute atomic E-state index is 13.0. The first-order valence-corrected chi connectivity index (χ1v) is 10.6. The normalized spacial score (nSPS) is 21.1. The zero-order chi connectivity index (χ0) is 19.2. The second-order valence-corrected chi connectivity index (χ2v) is 7.90. The van der Waals surface area contributed by atoms with Gasteiger partial charge in [-0.05, 0) is 30.5 Å². The van der Waals surface area contributed by atoms with Gasteiger partial charge in [-0.15, -0.1) is 0 Å². The molecule has 0 unspecified atom stereocenters. The molecule has 28 heavy (non-hydrogen) atoms. The third kappa shape index (κ3) is 4.53. The van der Waals surface area contributed by atoms with Gasteiger partial charge in [0, 0.05) is 37.9 Å². The molecule has 1 aliphatic heterocycles. The predicted octanol–water partition coefficient (Wildman–Crippen LogP) is 3.69. The van der Waals surface area contributed by atoms with Gasteiger partial charge in [-0.3, -0.25) is 4.79 Å². The van der Waals surface area contributed by atoms with Crippen LogP contribution in [0.15, 0.2) is 48.7 Å². The molecule has 1 amide bonds. The fraction of sp³-hybridized carbons (Fsp3) is 0.478. The summed E-state index contributed by atoms with van der Waals surface area (Å²) in [6.45, 7) is 2.54. The lowest BCUT2D eigenvalue weighted by Gasteiger charge is -2.35. The Hall–Kier alpha value is -2.40. The number of rotatable bonds is 4. The summed E-state index contributed by atoms with van der Waals surface area (Å²) in [5.41, 5.74) is 1.97. The maximum atomic E-state index is 13.0. The van der Waals surface area contributed by atoms with Gasteiger partial charge in [-0.1, -0.05) is 56.0 Å². The van der Waals surface area contributed by atoms with Crippen molar-refractivity contribution in [3.8, 4) is 0 Å². The first kappa shape index (κ1) is 18.9. The summed E-state index contributed by atoms with van der Waals surface area (Å²) in [4.78, 5) is 19.9. The molecular formula is C23H30N4O. The number of nitrogens with zero attached hydrogens (tertiary/aromatic N) is 2. The molecule has 2 N–H and O–H groups in total. The molecule has 0 bridgehead atoms. The molecule has 2 heterocycles. The van der Waals surface area contributed by atoms with Gasteiger partial charge in [-0.2, -0.15) is 0 Å². The second-order valence-electron chi connectivity index (χ2n) is 7.90. The quantitative estimate of drug-likeness (QED) is 0.797. The second kappa shape index (κ2) is 9.20. The molecule has 1 atom stereocenters. The third-order valence-electron chi connectivity index (χ3n) is 5.90. The molecule has 2 aliphatic rings. The van der Waals surface area contributed by atoms with E-state index in [9.17, 15) is 4.79 Å². The van der Waals surface area contributed by atoms with Crippen LogP contribution >= 0.6 is 0 Å². The molecule has 1 saturated carbocycles. The van der Waals surface area contributed by atoms with E-state index in [0.29, 0.717) is 11.6 Å². The van der Waals surface area contributed by atoms with Gasteiger partial charge >= 0.3 is 0 Å². The van der Waals surface area contributed by atoms with Crippen LogP contribution in [0.5, 0.6) is 0 Å². The third-order valence-corrected chi connectivity index (χ3v) is 5.90. The predicted molar refractivity (Wildman–Crippen MR) is 113 cm³/mol. The number of amides is 1. The van der Waals surface area contributed by atoms with E-state index < -0.39 is 0 Å². The van der Waals surface area contributed by atoms with Gasteiger partial charge in [0.25, 0.3) is 5.91 Å². The van der Waals surface area contributed by atoms with Crippen molar-refractivity contribution in [2.45, 2.75) is 50.6 Å². The summed E-state index contributed by atoms with van der Waals surface area (Å²) in [6, 6.07) is 14.8. The fourth-order valence-corrected chi connectivity index (χ4v) is 4.36. The molecule has 2 fully saturated rings. The molecule has 0 radical (unpaired) electrons. The van der Waals surface area contributed by atoms with Crippen molar-refractivity contribution in [1.29, 1.82) is 0 Å². The van der Waals surface area contributed by atoms with Gasteiger partial charge in [0.1, 0.15) is 5.82 Å². The van der Waals surface area contributed by atoms with E-state index in [-0.39, 0.29) is 11.9 Å². The Morgan fingerprint density at radius 3 is 2.61 bits per heavy atom. The zero-order valence-corrected chi connectivity index (χ0v) is 16.4. The highest BCUT2D eigenvalue weighted by Gasteiger charge is 2.26. The number of pyridine rings is 1. The molecular weight excluding hydrogens is 348 g/mol. The molecule has 0 spiro atoms. The zero-order valence-electron chi connectivity index (χ0n) is 16.4. The van der Waals surface area contributed by atoms with E-state index in [1.807, 2.05) is 18.2 Å². The van der Waals surface area contributed by atoms with Crippen LogP contribution in [0.4, 0.5) is 5.82 Å². The summed E-state index contributed by atoms with van der Waals surface area (Å²) >= 11 is 0. The fourth-order valence-electron chi connectivity index (χ4n) is 4.36. The summed E-state index contributed by atoms with van der Waals surface area (Å²) in [5, 5.41) is 6.86. The highest BCUT2D eigenvalue weighted by atomic mass is 16.1. The highest BCUT2D eigenvalue weighted by molar-refractivity contribution is 5.99. The monoisotopic (exact) mass is 378 g/mol. The number of hydrogen-bond acceptors (Lipinski definition) is 4. The largest absolute Gasteiger partial charge is 0.353 e. The van der Waals surface area contributed by atoms with Crippen LogP contribution < -0.4 is 15.5 Å². The van der Waals surface area contributed by atoms with Crippen LogP contribution in [0.1, 0.15) is 60.5 Å². The Morgan fingerprint density at radius 1 is 1.04 bits per heavy atom. The number of carbonyl (C=O) groups excluding carboxylic acids is 1. The van der Waals surface area contributed by atoms with E-state index >= 15 is 0 Å². The van der Waals surface area contributed by atoms with Gasteiger partial charge < -0.3 is 15.5 Å². The number of carbonyl (C=O) groups is 1. The van der Waals surface area contributed by atoms with E-state index in [4.69, 9.17) is 0 Å². The van der Waals surface area contributed by atoms with Crippen LogP contribution in [0.3, 0.4) is 0 Å². The van der Waals surface area contributed by atoms with Crippen LogP contribution in [-0.2, 0) is 0 Å². The van der Waals surface area contributed by atoms with E-state index in [0.717, 1.165) is 38.3 Å². The molecule has 2 aromatic rings. The van der Waals surface area contributed by atoms with Crippen LogP contribution in [-0.4, -0.2) is 36.6 Å². The smallest absolute Gasteiger partial charge is 0.255 e. The van der Waals surface area contributed by atoms with Crippen molar-refractivity contribution in [3.63, 3.8) is 0 Å². The Kier molecular flexibility index (Phi) is 6.22. The van der Waals surface area contributed by atoms with Gasteiger partial charge in [0.2, 0.25) is 0 Å². The maximum Gasteiger partial charge on any atom is 0.255 e. The molecule has 1 saturated heterocycles. The average Bonchev–Trinajstić information content (AvgIpc) is 3.03. The van der Waals surface area contributed by atoms with Crippen molar-refractivity contribution < 1.29 is 4.79 Å². The first-order chi connectivity index (χ1) is 13.8. The number of piperazine rings is 1. The number of hydrogen-bond donors (Lipinski definition) is 2. The van der Waals surface area contributed by atoms with Crippen molar-refractivity contribution in [2.24, 2.45) is 0 Å². The van der Waals surface area contributed by atoms with Crippen molar-refractivity contribution in [3.05, 3.63) is 59.8 Å². The first-order valence-electron chi connectivity index (χ1n) is 10.6. The number of benzene rings is 1. The van der Waals surface area contributed by atoms with Gasteiger partial charge in [0.15, 0.2) is 0 Å². The SMILES string of the molecule is O=C(NC1CCCCCC1)c1cccnc1N1CCN[C@@H](c2ccccc2)C1. The topological polar surface area (TPSA) is 57.3 Å². The summed E-state index contributed by atoms with van der Waals surface area (Å²) in [7, 11) is 0. The molecule has 1 aliphatic carbocycles. The molecule has 5 nitrogen and oxygen atoms in total. The Morgan fingerprint density at radius 2 is 1.82 bits per heavy atom. The molecule has 1 aromatic carbocycles. The van der Waals surface area contributed by atoms with Crippen molar-refractivity contribution in [2.75, 3.05) is 24.5 Å². The Bertz CT molecular complexity index is 771. The van der Waals surface area contributed by atoms with Crippen molar-refractivity contribution >= 4 is 11.7 Å². The lowest BCUT2D eigenvalue weighted by molar-refractivity contribution is 0.0933. The molecule has 148 valence electrons. The Balaban J connectivity index is 1.49. The summed E-state index contributed by atoms with van der Waals surface area (Å²) < 4.78 is 0. The minimum atomic E-state index is 0.0183. The number of anilines is 1. The standard InChI is InChI=1S/C23H30N4O/c28-23(26-19-11-6-1-2-7-12-19)20-13-8-14-25-22(20)27-16-15-24-21(17-27)18-9-4-3-5-10-18/h3-5,8-10,13-14,19,21,24H,1-2,6-7,11-12,15-17H2,(H,26,28)/t21-/m1/s1. The van der Waals surface area contributed by atoms with Crippen LogP contribution in [0.25, 0.3) is 0 Å². The molecule has 5 heteroatoms. The lowest BCUT2D eigenvalue weighted by atomic mass is 10.0. The van der Waals surface area contributed by atoms with E-state index in [2.05, 4.69) is 44.8 Å². The lowest BCUT2D eigenvalue weighted by Crippen LogP contribution is -2.47. The summed E-state index contributed by atoms with van der Waals surface area (Å²) in [6.07, 6.45) is 8.95.